The van der Waals surface area contributed by atoms with Gasteiger partial charge in [0.25, 0.3) is 0 Å². The fourth-order valence-corrected chi connectivity index (χ4v) is 4.64. The van der Waals surface area contributed by atoms with Gasteiger partial charge in [-0.3, -0.25) is 9.89 Å². The number of benzene rings is 1. The smallest absolute Gasteiger partial charge is 0.191 e. The van der Waals surface area contributed by atoms with Gasteiger partial charge in [-0.15, -0.1) is 11.3 Å². The van der Waals surface area contributed by atoms with E-state index < -0.39 is 0 Å². The number of H-pyrrole nitrogens is 1. The maximum Gasteiger partial charge on any atom is 0.191 e. The number of guanidine groups is 1. The van der Waals surface area contributed by atoms with E-state index in [9.17, 15) is 0 Å². The van der Waals surface area contributed by atoms with Crippen molar-refractivity contribution in [1.82, 2.24) is 25.5 Å². The van der Waals surface area contributed by atoms with Gasteiger partial charge in [0.05, 0.1) is 17.1 Å². The fourth-order valence-electron chi connectivity index (χ4n) is 3.78. The molecular weight excluding hydrogens is 368 g/mol. The van der Waals surface area contributed by atoms with Crippen LogP contribution < -0.4 is 10.6 Å². The Morgan fingerprint density at radius 2 is 2.07 bits per heavy atom. The van der Waals surface area contributed by atoms with Gasteiger partial charge in [0, 0.05) is 31.4 Å². The molecule has 4 rings (SSSR count). The highest BCUT2D eigenvalue weighted by molar-refractivity contribution is 7.10. The van der Waals surface area contributed by atoms with Gasteiger partial charge in [0.1, 0.15) is 5.82 Å². The minimum Gasteiger partial charge on any atom is -0.356 e. The van der Waals surface area contributed by atoms with Crippen molar-refractivity contribution in [3.05, 3.63) is 52.5 Å². The van der Waals surface area contributed by atoms with E-state index in [1.165, 1.54) is 30.8 Å². The van der Waals surface area contributed by atoms with Crippen LogP contribution in [0, 0.1) is 0 Å². The summed E-state index contributed by atoms with van der Waals surface area (Å²) in [5, 5.41) is 9.10. The number of aliphatic imine (C=N–C) groups is 1. The molecule has 1 aromatic carbocycles. The quantitative estimate of drug-likeness (QED) is 0.424. The first-order valence-corrected chi connectivity index (χ1v) is 10.9. The molecule has 3 aromatic rings. The van der Waals surface area contributed by atoms with Crippen LogP contribution in [0.1, 0.15) is 29.6 Å². The van der Waals surface area contributed by atoms with Gasteiger partial charge in [0.15, 0.2) is 5.96 Å². The molecule has 1 unspecified atom stereocenters. The maximum absolute atomic E-state index is 4.63. The average molecular weight is 397 g/mol. The molecule has 7 heteroatoms. The van der Waals surface area contributed by atoms with E-state index in [0.717, 1.165) is 42.3 Å². The molecular formula is C21H28N6S. The molecule has 28 heavy (non-hydrogen) atoms. The van der Waals surface area contributed by atoms with E-state index in [-0.39, 0.29) is 0 Å². The SMILES string of the molecule is CN=C(NCCc1nc2ccccc2[nH]1)NCC(c1cccs1)N1CCCC1. The van der Waals surface area contributed by atoms with E-state index in [4.69, 9.17) is 0 Å². The second-order valence-electron chi connectivity index (χ2n) is 7.10. The Kier molecular flexibility index (Phi) is 6.24. The van der Waals surface area contributed by atoms with Crippen molar-refractivity contribution in [3.8, 4) is 0 Å². The van der Waals surface area contributed by atoms with Gasteiger partial charge in [-0.05, 0) is 49.5 Å². The van der Waals surface area contributed by atoms with Crippen molar-refractivity contribution in [2.75, 3.05) is 33.2 Å². The zero-order valence-electron chi connectivity index (χ0n) is 16.3. The molecule has 0 spiro atoms. The van der Waals surface area contributed by atoms with Crippen molar-refractivity contribution in [2.45, 2.75) is 25.3 Å². The number of imidazole rings is 1. The van der Waals surface area contributed by atoms with Crippen LogP contribution in [0.3, 0.4) is 0 Å². The van der Waals surface area contributed by atoms with Gasteiger partial charge in [0.2, 0.25) is 0 Å². The Bertz CT molecular complexity index is 862. The van der Waals surface area contributed by atoms with Crippen molar-refractivity contribution < 1.29 is 0 Å². The predicted octanol–water partition coefficient (Wildman–Crippen LogP) is 3.17. The molecule has 3 N–H and O–H groups in total. The second-order valence-corrected chi connectivity index (χ2v) is 8.08. The number of hydrogen-bond donors (Lipinski definition) is 3. The Balaban J connectivity index is 1.30. The molecule has 0 bridgehead atoms. The molecule has 1 atom stereocenters. The Labute approximate surface area is 170 Å². The Morgan fingerprint density at radius 3 is 2.82 bits per heavy atom. The van der Waals surface area contributed by atoms with E-state index in [0.29, 0.717) is 6.04 Å². The molecule has 1 aliphatic heterocycles. The van der Waals surface area contributed by atoms with Crippen LogP contribution in [0.15, 0.2) is 46.8 Å². The number of aromatic amines is 1. The molecule has 1 aliphatic rings. The Hall–Kier alpha value is -2.38. The minimum atomic E-state index is 0.413. The summed E-state index contributed by atoms with van der Waals surface area (Å²) < 4.78 is 0. The third kappa shape index (κ3) is 4.54. The molecule has 0 saturated carbocycles. The highest BCUT2D eigenvalue weighted by Crippen LogP contribution is 2.27. The highest BCUT2D eigenvalue weighted by atomic mass is 32.1. The number of hydrogen-bond acceptors (Lipinski definition) is 4. The molecule has 1 saturated heterocycles. The summed E-state index contributed by atoms with van der Waals surface area (Å²) in [6, 6.07) is 12.9. The van der Waals surface area contributed by atoms with Crippen LogP contribution in [0.5, 0.6) is 0 Å². The number of thiophene rings is 1. The van der Waals surface area contributed by atoms with Gasteiger partial charge >= 0.3 is 0 Å². The summed E-state index contributed by atoms with van der Waals surface area (Å²) in [6.45, 7) is 4.02. The fraction of sp³-hybridized carbons (Fsp3) is 0.429. The summed E-state index contributed by atoms with van der Waals surface area (Å²) in [5.74, 6) is 1.84. The molecule has 0 amide bonds. The first kappa shape index (κ1) is 19.0. The summed E-state index contributed by atoms with van der Waals surface area (Å²) >= 11 is 1.84. The number of nitrogens with zero attached hydrogens (tertiary/aromatic N) is 3. The molecule has 1 fully saturated rings. The van der Waals surface area contributed by atoms with Crippen LogP contribution in [0.4, 0.5) is 0 Å². The van der Waals surface area contributed by atoms with E-state index >= 15 is 0 Å². The first-order chi connectivity index (χ1) is 13.8. The van der Waals surface area contributed by atoms with Crippen molar-refractivity contribution in [2.24, 2.45) is 4.99 Å². The van der Waals surface area contributed by atoms with E-state index in [2.05, 4.69) is 54.1 Å². The molecule has 6 nitrogen and oxygen atoms in total. The zero-order valence-corrected chi connectivity index (χ0v) is 17.1. The average Bonchev–Trinajstić information content (AvgIpc) is 3.48. The van der Waals surface area contributed by atoms with E-state index in [1.54, 1.807) is 0 Å². The monoisotopic (exact) mass is 396 g/mol. The standard InChI is InChI=1S/C21H28N6S/c1-22-21(23-11-10-20-25-16-7-2-3-8-17(16)26-20)24-15-18(19-9-6-14-28-19)27-12-4-5-13-27/h2-3,6-9,14,18H,4-5,10-13,15H2,1H3,(H,25,26)(H2,22,23,24). The molecule has 0 radical (unpaired) electrons. The van der Waals surface area contributed by atoms with Crippen molar-refractivity contribution in [3.63, 3.8) is 0 Å². The maximum atomic E-state index is 4.63. The van der Waals surface area contributed by atoms with Crippen molar-refractivity contribution in [1.29, 1.82) is 0 Å². The number of para-hydroxylation sites is 2. The topological polar surface area (TPSA) is 68.3 Å². The number of fused-ring (bicyclic) bond motifs is 1. The molecule has 3 heterocycles. The van der Waals surface area contributed by atoms with Crippen LogP contribution in [-0.2, 0) is 6.42 Å². The summed E-state index contributed by atoms with van der Waals surface area (Å²) in [7, 11) is 1.83. The summed E-state index contributed by atoms with van der Waals surface area (Å²) in [5.41, 5.74) is 2.11. The number of rotatable bonds is 7. The third-order valence-corrected chi connectivity index (χ3v) is 6.21. The lowest BCUT2D eigenvalue weighted by Gasteiger charge is -2.27. The van der Waals surface area contributed by atoms with Gasteiger partial charge in [-0.25, -0.2) is 4.98 Å². The first-order valence-electron chi connectivity index (χ1n) is 9.99. The Morgan fingerprint density at radius 1 is 1.21 bits per heavy atom. The molecule has 2 aromatic heterocycles. The third-order valence-electron chi connectivity index (χ3n) is 5.23. The number of nitrogens with one attached hydrogen (secondary N) is 3. The lowest BCUT2D eigenvalue weighted by molar-refractivity contribution is 0.249. The lowest BCUT2D eigenvalue weighted by Crippen LogP contribution is -2.43. The molecule has 148 valence electrons. The van der Waals surface area contributed by atoms with Crippen LogP contribution >= 0.6 is 11.3 Å². The number of aromatic nitrogens is 2. The minimum absolute atomic E-state index is 0.413. The highest BCUT2D eigenvalue weighted by Gasteiger charge is 2.24. The van der Waals surface area contributed by atoms with Crippen LogP contribution in [0.25, 0.3) is 11.0 Å². The predicted molar refractivity (Wildman–Crippen MR) is 117 cm³/mol. The molecule has 0 aliphatic carbocycles. The van der Waals surface area contributed by atoms with Crippen molar-refractivity contribution >= 4 is 28.3 Å². The van der Waals surface area contributed by atoms with Gasteiger partial charge in [-0.1, -0.05) is 18.2 Å². The van der Waals surface area contributed by atoms with Crippen LogP contribution in [-0.4, -0.2) is 54.1 Å². The lowest BCUT2D eigenvalue weighted by atomic mass is 10.2. The normalized spacial score (nSPS) is 16.5. The number of likely N-dealkylation sites (tertiary alicyclic amines) is 1. The summed E-state index contributed by atoms with van der Waals surface area (Å²) in [6.07, 6.45) is 3.43. The zero-order chi connectivity index (χ0) is 19.2. The largest absolute Gasteiger partial charge is 0.356 e. The van der Waals surface area contributed by atoms with Gasteiger partial charge in [-0.2, -0.15) is 0 Å². The van der Waals surface area contributed by atoms with E-state index in [1.807, 2.05) is 36.6 Å². The summed E-state index contributed by atoms with van der Waals surface area (Å²) in [4.78, 5) is 16.4. The van der Waals surface area contributed by atoms with Gasteiger partial charge < -0.3 is 15.6 Å². The second kappa shape index (κ2) is 9.21. The van der Waals surface area contributed by atoms with Crippen LogP contribution in [0.2, 0.25) is 0 Å².